The summed E-state index contributed by atoms with van der Waals surface area (Å²) in [5.74, 6) is -0.271. The molecular weight excluding hydrogens is 366 g/mol. The summed E-state index contributed by atoms with van der Waals surface area (Å²) in [6.45, 7) is 6.96. The molecule has 2 heterocycles. The number of aryl methyl sites for hydroxylation is 1. The number of anilines is 1. The number of carbonyl (C=O) groups excluding carboxylic acids is 2. The largest absolute Gasteiger partial charge is 0.366 e. The van der Waals surface area contributed by atoms with E-state index < -0.39 is 5.91 Å². The summed E-state index contributed by atoms with van der Waals surface area (Å²) in [6, 6.07) is 5.57. The number of Topliss-reactive ketones (excluding diaryl/α,β-unsaturated/α-hetero) is 1. The molecule has 0 bridgehead atoms. The molecule has 1 amide bonds. The Morgan fingerprint density at radius 2 is 2.07 bits per heavy atom. The Morgan fingerprint density at radius 1 is 1.28 bits per heavy atom. The molecule has 3 N–H and O–H groups in total. The van der Waals surface area contributed by atoms with Crippen LogP contribution in [0, 0.1) is 12.3 Å². The Kier molecular flexibility index (Phi) is 4.99. The van der Waals surface area contributed by atoms with Gasteiger partial charge in [0.2, 0.25) is 0 Å². The molecule has 1 aromatic carbocycles. The minimum Gasteiger partial charge on any atom is -0.366 e. The van der Waals surface area contributed by atoms with E-state index in [4.69, 9.17) is 10.5 Å². The van der Waals surface area contributed by atoms with Gasteiger partial charge in [-0.15, -0.1) is 0 Å². The molecule has 1 aromatic heterocycles. The highest BCUT2D eigenvalue weighted by atomic mass is 16.5. The molecule has 1 aliphatic carbocycles. The first-order chi connectivity index (χ1) is 13.7. The van der Waals surface area contributed by atoms with E-state index in [0.29, 0.717) is 24.3 Å². The normalized spacial score (nSPS) is 20.9. The van der Waals surface area contributed by atoms with Crippen LogP contribution in [-0.2, 0) is 11.2 Å². The van der Waals surface area contributed by atoms with Crippen LogP contribution < -0.4 is 11.1 Å². The molecule has 0 spiro atoms. The highest BCUT2D eigenvalue weighted by Gasteiger charge is 2.34. The van der Waals surface area contributed by atoms with Crippen molar-refractivity contribution in [3.8, 4) is 5.69 Å². The monoisotopic (exact) mass is 395 g/mol. The van der Waals surface area contributed by atoms with Crippen LogP contribution in [0.3, 0.4) is 0 Å². The highest BCUT2D eigenvalue weighted by molar-refractivity contribution is 6.01. The number of nitrogens with one attached hydrogen (secondary N) is 1. The minimum atomic E-state index is -0.475. The third kappa shape index (κ3) is 3.81. The van der Waals surface area contributed by atoms with E-state index in [2.05, 4.69) is 23.7 Å². The fourth-order valence-electron chi connectivity index (χ4n) is 4.55. The molecule has 2 aromatic rings. The van der Waals surface area contributed by atoms with Crippen molar-refractivity contribution in [2.45, 2.75) is 59.1 Å². The number of hydrogen-bond donors (Lipinski definition) is 2. The number of aromatic nitrogens is 1. The summed E-state index contributed by atoms with van der Waals surface area (Å²) in [7, 11) is 0. The van der Waals surface area contributed by atoms with E-state index in [9.17, 15) is 9.59 Å². The van der Waals surface area contributed by atoms with Crippen molar-refractivity contribution in [2.24, 2.45) is 11.1 Å². The Bertz CT molecular complexity index is 968. The lowest BCUT2D eigenvalue weighted by atomic mass is 9.75. The van der Waals surface area contributed by atoms with Crippen LogP contribution in [-0.4, -0.2) is 29.1 Å². The van der Waals surface area contributed by atoms with Gasteiger partial charge in [-0.2, -0.15) is 0 Å². The van der Waals surface area contributed by atoms with Crippen molar-refractivity contribution in [3.05, 3.63) is 46.8 Å². The maximum Gasteiger partial charge on any atom is 0.250 e. The zero-order valence-electron chi connectivity index (χ0n) is 17.4. The van der Waals surface area contributed by atoms with E-state index >= 15 is 0 Å². The summed E-state index contributed by atoms with van der Waals surface area (Å²) >= 11 is 0. The van der Waals surface area contributed by atoms with E-state index in [1.165, 1.54) is 0 Å². The summed E-state index contributed by atoms with van der Waals surface area (Å²) in [5.41, 5.74) is 10.4. The van der Waals surface area contributed by atoms with Gasteiger partial charge in [0, 0.05) is 36.2 Å². The Balaban J connectivity index is 1.76. The average molecular weight is 396 g/mol. The van der Waals surface area contributed by atoms with Crippen LogP contribution in [0.25, 0.3) is 5.69 Å². The zero-order chi connectivity index (χ0) is 20.8. The molecule has 2 aliphatic rings. The van der Waals surface area contributed by atoms with Crippen molar-refractivity contribution >= 4 is 17.4 Å². The molecular formula is C23H29N3O3. The molecule has 6 heteroatoms. The van der Waals surface area contributed by atoms with Gasteiger partial charge in [-0.3, -0.25) is 9.59 Å². The van der Waals surface area contributed by atoms with Crippen molar-refractivity contribution in [3.63, 3.8) is 0 Å². The molecule has 0 radical (unpaired) electrons. The molecule has 1 unspecified atom stereocenters. The topological polar surface area (TPSA) is 86.3 Å². The zero-order valence-corrected chi connectivity index (χ0v) is 17.4. The Labute approximate surface area is 171 Å². The van der Waals surface area contributed by atoms with Crippen LogP contribution >= 0.6 is 0 Å². The lowest BCUT2D eigenvalue weighted by Crippen LogP contribution is -2.29. The molecule has 6 nitrogen and oxygen atoms in total. The van der Waals surface area contributed by atoms with Crippen molar-refractivity contribution in [1.29, 1.82) is 0 Å². The number of carbonyl (C=O) groups is 2. The molecule has 1 saturated heterocycles. The van der Waals surface area contributed by atoms with Crippen LogP contribution in [0.4, 0.5) is 5.69 Å². The van der Waals surface area contributed by atoms with Gasteiger partial charge in [-0.05, 0) is 61.8 Å². The smallest absolute Gasteiger partial charge is 0.250 e. The number of rotatable bonds is 4. The maximum absolute atomic E-state index is 12.7. The molecule has 154 valence electrons. The lowest BCUT2D eigenvalue weighted by Gasteiger charge is -2.30. The van der Waals surface area contributed by atoms with Crippen LogP contribution in [0.5, 0.6) is 0 Å². The van der Waals surface area contributed by atoms with Crippen molar-refractivity contribution in [1.82, 2.24) is 4.57 Å². The van der Waals surface area contributed by atoms with E-state index in [-0.39, 0.29) is 17.4 Å². The second-order valence-corrected chi connectivity index (χ2v) is 9.04. The number of primary amides is 1. The Morgan fingerprint density at radius 3 is 2.76 bits per heavy atom. The summed E-state index contributed by atoms with van der Waals surface area (Å²) < 4.78 is 7.87. The molecule has 0 saturated carbocycles. The van der Waals surface area contributed by atoms with Crippen molar-refractivity contribution in [2.75, 3.05) is 11.9 Å². The van der Waals surface area contributed by atoms with Crippen LogP contribution in [0.15, 0.2) is 24.4 Å². The number of amides is 1. The molecule has 4 rings (SSSR count). The third-order valence-corrected chi connectivity index (χ3v) is 5.90. The van der Waals surface area contributed by atoms with Gasteiger partial charge in [-0.1, -0.05) is 13.8 Å². The minimum absolute atomic E-state index is 0.0726. The van der Waals surface area contributed by atoms with Gasteiger partial charge in [0.25, 0.3) is 5.91 Å². The summed E-state index contributed by atoms with van der Waals surface area (Å²) in [6.07, 6.45) is 6.32. The van der Waals surface area contributed by atoms with Gasteiger partial charge >= 0.3 is 0 Å². The number of ketones is 1. The number of fused-ring (bicyclic) bond motifs is 1. The number of hydrogen-bond acceptors (Lipinski definition) is 4. The second kappa shape index (κ2) is 7.34. The van der Waals surface area contributed by atoms with E-state index in [1.807, 2.05) is 25.3 Å². The van der Waals surface area contributed by atoms with E-state index in [1.54, 1.807) is 6.07 Å². The quantitative estimate of drug-likeness (QED) is 0.820. The standard InChI is InChI=1S/C23H29N3O3/c1-14-13-26(18-11-23(2,3)12-19(27)21(14)18)15-7-8-16(22(24)28)17(10-15)25-20-6-4-5-9-29-20/h7-8,10,13,20,25H,4-6,9,11-12H2,1-3H3,(H2,24,28). The van der Waals surface area contributed by atoms with Gasteiger partial charge in [0.15, 0.2) is 5.78 Å². The first-order valence-corrected chi connectivity index (χ1v) is 10.3. The summed E-state index contributed by atoms with van der Waals surface area (Å²) in [5, 5.41) is 3.35. The first kappa shape index (κ1) is 19.7. The van der Waals surface area contributed by atoms with Crippen LogP contribution in [0.2, 0.25) is 0 Å². The van der Waals surface area contributed by atoms with E-state index in [0.717, 1.165) is 48.2 Å². The first-order valence-electron chi connectivity index (χ1n) is 10.3. The average Bonchev–Trinajstić information content (AvgIpc) is 2.97. The number of ether oxygens (including phenoxy) is 1. The predicted molar refractivity (Wildman–Crippen MR) is 113 cm³/mol. The Hall–Kier alpha value is -2.60. The molecule has 29 heavy (non-hydrogen) atoms. The van der Waals surface area contributed by atoms with Gasteiger partial charge in [0.1, 0.15) is 6.23 Å². The second-order valence-electron chi connectivity index (χ2n) is 9.04. The molecule has 1 fully saturated rings. The number of benzene rings is 1. The van der Waals surface area contributed by atoms with Crippen LogP contribution in [0.1, 0.15) is 71.5 Å². The summed E-state index contributed by atoms with van der Waals surface area (Å²) in [4.78, 5) is 24.7. The number of nitrogens with two attached hydrogens (primary N) is 1. The third-order valence-electron chi connectivity index (χ3n) is 5.90. The van der Waals surface area contributed by atoms with Gasteiger partial charge < -0.3 is 20.4 Å². The van der Waals surface area contributed by atoms with Gasteiger partial charge in [0.05, 0.1) is 11.3 Å². The molecule has 1 aliphatic heterocycles. The fraction of sp³-hybridized carbons (Fsp3) is 0.478. The van der Waals surface area contributed by atoms with Crippen molar-refractivity contribution < 1.29 is 14.3 Å². The maximum atomic E-state index is 12.7. The highest BCUT2D eigenvalue weighted by Crippen LogP contribution is 2.38. The fourth-order valence-corrected chi connectivity index (χ4v) is 4.55. The SMILES string of the molecule is Cc1cn(-c2ccc(C(N)=O)c(NC3CCCCO3)c2)c2c1C(=O)CC(C)(C)C2. The van der Waals surface area contributed by atoms with Gasteiger partial charge in [-0.25, -0.2) is 0 Å². The predicted octanol–water partition coefficient (Wildman–Crippen LogP) is 3.98. The molecule has 1 atom stereocenters. The lowest BCUT2D eigenvalue weighted by molar-refractivity contribution is 0.0343. The number of nitrogens with zero attached hydrogens (tertiary/aromatic N) is 1.